The van der Waals surface area contributed by atoms with Crippen LogP contribution >= 0.6 is 0 Å². The Morgan fingerprint density at radius 3 is 2.22 bits per heavy atom. The Balaban J connectivity index is 1.72. The Labute approximate surface area is 241 Å². The lowest BCUT2D eigenvalue weighted by Crippen LogP contribution is -2.54. The minimum absolute atomic E-state index is 0.00185. The molecule has 3 aromatic carbocycles. The Hall–Kier alpha value is -3.92. The van der Waals surface area contributed by atoms with Gasteiger partial charge in [0.15, 0.2) is 0 Å². The first kappa shape index (κ1) is 30.0. The van der Waals surface area contributed by atoms with Gasteiger partial charge in [-0.1, -0.05) is 61.4 Å². The summed E-state index contributed by atoms with van der Waals surface area (Å²) in [7, 11) is -2.40. The molecular weight excluding hydrogens is 545 g/mol. The highest BCUT2D eigenvalue weighted by atomic mass is 32.2. The number of amides is 2. The highest BCUT2D eigenvalue weighted by molar-refractivity contribution is 7.92. The second-order valence-corrected chi connectivity index (χ2v) is 12.2. The molecule has 0 bridgehead atoms. The minimum Gasteiger partial charge on any atom is -0.497 e. The van der Waals surface area contributed by atoms with E-state index in [0.29, 0.717) is 5.75 Å². The quantitative estimate of drug-likeness (QED) is 0.344. The number of rotatable bonds is 12. The zero-order chi connectivity index (χ0) is 29.4. The molecule has 218 valence electrons. The van der Waals surface area contributed by atoms with E-state index in [1.165, 1.54) is 18.1 Å². The van der Waals surface area contributed by atoms with Crippen molar-refractivity contribution >= 4 is 27.5 Å². The lowest BCUT2D eigenvalue weighted by atomic mass is 10.0. The van der Waals surface area contributed by atoms with E-state index in [1.54, 1.807) is 42.5 Å². The number of anilines is 1. The molecule has 0 unspecified atom stereocenters. The van der Waals surface area contributed by atoms with E-state index >= 15 is 0 Å². The molecule has 1 aliphatic rings. The summed E-state index contributed by atoms with van der Waals surface area (Å²) in [5.41, 5.74) is 1.31. The summed E-state index contributed by atoms with van der Waals surface area (Å²) in [5, 5.41) is 3.09. The van der Waals surface area contributed by atoms with Crippen LogP contribution in [0.25, 0.3) is 0 Å². The van der Waals surface area contributed by atoms with Gasteiger partial charge in [0.2, 0.25) is 21.8 Å². The van der Waals surface area contributed by atoms with Crippen molar-refractivity contribution in [1.82, 2.24) is 10.2 Å². The molecule has 1 N–H and O–H groups in total. The number of nitrogens with zero attached hydrogens (tertiary/aromatic N) is 2. The number of halogens is 1. The average Bonchev–Trinajstić information content (AvgIpc) is 3.47. The van der Waals surface area contributed by atoms with Gasteiger partial charge in [-0.3, -0.25) is 13.9 Å². The van der Waals surface area contributed by atoms with Crippen molar-refractivity contribution in [2.45, 2.75) is 50.7 Å². The van der Waals surface area contributed by atoms with Crippen molar-refractivity contribution in [2.24, 2.45) is 0 Å². The molecule has 0 aliphatic heterocycles. The Kier molecular flexibility index (Phi) is 9.99. The number of hydrogen-bond acceptors (Lipinski definition) is 5. The highest BCUT2D eigenvalue weighted by Crippen LogP contribution is 2.24. The summed E-state index contributed by atoms with van der Waals surface area (Å²) in [5.74, 6) is -0.964. The molecule has 0 radical (unpaired) electrons. The summed E-state index contributed by atoms with van der Waals surface area (Å²) >= 11 is 0. The van der Waals surface area contributed by atoms with Gasteiger partial charge >= 0.3 is 0 Å². The standard InChI is InChI=1S/C31H36FN3O5S/c1-40-27-18-16-26(17-19-27)35(41(2,38)39)22-30(36)34(21-24-12-6-9-15-28(24)32)29(20-23-10-4-3-5-11-23)31(37)33-25-13-7-8-14-25/h3-6,9-12,15-19,25,29H,7-8,13-14,20-22H2,1-2H3,(H,33,37)/t29-/m0/s1. The topological polar surface area (TPSA) is 96.0 Å². The number of ether oxygens (including phenoxy) is 1. The Bertz CT molecular complexity index is 1430. The van der Waals surface area contributed by atoms with E-state index in [-0.39, 0.29) is 36.2 Å². The zero-order valence-electron chi connectivity index (χ0n) is 23.3. The van der Waals surface area contributed by atoms with Crippen LogP contribution < -0.4 is 14.4 Å². The molecule has 1 fully saturated rings. The van der Waals surface area contributed by atoms with Crippen LogP contribution in [0.4, 0.5) is 10.1 Å². The predicted molar refractivity (Wildman–Crippen MR) is 156 cm³/mol. The summed E-state index contributed by atoms with van der Waals surface area (Å²) in [6, 6.07) is 20.6. The molecule has 10 heteroatoms. The first-order valence-electron chi connectivity index (χ1n) is 13.6. The molecule has 0 aromatic heterocycles. The van der Waals surface area contributed by atoms with Crippen molar-refractivity contribution in [3.8, 4) is 5.75 Å². The van der Waals surface area contributed by atoms with Gasteiger partial charge in [-0.15, -0.1) is 0 Å². The number of carbonyl (C=O) groups is 2. The monoisotopic (exact) mass is 581 g/mol. The maximum absolute atomic E-state index is 14.9. The van der Waals surface area contributed by atoms with Gasteiger partial charge in [-0.2, -0.15) is 0 Å². The lowest BCUT2D eigenvalue weighted by Gasteiger charge is -2.34. The fourth-order valence-electron chi connectivity index (χ4n) is 5.09. The molecule has 2 amide bonds. The maximum atomic E-state index is 14.9. The van der Waals surface area contributed by atoms with Crippen molar-refractivity contribution in [3.05, 3.63) is 95.8 Å². The van der Waals surface area contributed by atoms with Crippen molar-refractivity contribution in [3.63, 3.8) is 0 Å². The fraction of sp³-hybridized carbons (Fsp3) is 0.355. The molecule has 0 saturated heterocycles. The first-order valence-corrected chi connectivity index (χ1v) is 15.5. The molecule has 1 aliphatic carbocycles. The number of carbonyl (C=O) groups excluding carboxylic acids is 2. The summed E-state index contributed by atoms with van der Waals surface area (Å²) in [6.45, 7) is -0.775. The molecule has 3 aromatic rings. The number of methoxy groups -OCH3 is 1. The van der Waals surface area contributed by atoms with Crippen molar-refractivity contribution < 1.29 is 27.1 Å². The van der Waals surface area contributed by atoms with E-state index in [4.69, 9.17) is 4.74 Å². The molecule has 0 heterocycles. The number of benzene rings is 3. The van der Waals surface area contributed by atoms with Crippen LogP contribution in [0.2, 0.25) is 0 Å². The summed E-state index contributed by atoms with van der Waals surface area (Å²) in [6.07, 6.45) is 4.92. The molecule has 0 spiro atoms. The normalized spacial score (nSPS) is 14.3. The Morgan fingerprint density at radius 2 is 1.61 bits per heavy atom. The third-order valence-electron chi connectivity index (χ3n) is 7.31. The van der Waals surface area contributed by atoms with Gasteiger partial charge in [0.1, 0.15) is 24.2 Å². The molecule has 8 nitrogen and oxygen atoms in total. The lowest BCUT2D eigenvalue weighted by molar-refractivity contribution is -0.140. The van der Waals surface area contributed by atoms with Gasteiger partial charge < -0.3 is 15.0 Å². The van der Waals surface area contributed by atoms with E-state index in [0.717, 1.165) is 41.8 Å². The third kappa shape index (κ3) is 8.07. The van der Waals surface area contributed by atoms with Crippen LogP contribution in [-0.2, 0) is 32.6 Å². The van der Waals surface area contributed by atoms with E-state index < -0.39 is 34.3 Å². The Morgan fingerprint density at radius 1 is 0.976 bits per heavy atom. The predicted octanol–water partition coefficient (Wildman–Crippen LogP) is 4.30. The highest BCUT2D eigenvalue weighted by Gasteiger charge is 2.34. The largest absolute Gasteiger partial charge is 0.497 e. The average molecular weight is 582 g/mol. The fourth-order valence-corrected chi connectivity index (χ4v) is 5.94. The van der Waals surface area contributed by atoms with Crippen LogP contribution in [-0.4, -0.2) is 57.1 Å². The minimum atomic E-state index is -3.90. The SMILES string of the molecule is COc1ccc(N(CC(=O)N(Cc2ccccc2F)[C@@H](Cc2ccccc2)C(=O)NC2CCCC2)S(C)(=O)=O)cc1. The van der Waals surface area contributed by atoms with Crippen molar-refractivity contribution in [2.75, 3.05) is 24.2 Å². The number of hydrogen-bond donors (Lipinski definition) is 1. The van der Waals surface area contributed by atoms with Gasteiger partial charge in [-0.05, 0) is 48.7 Å². The van der Waals surface area contributed by atoms with Gasteiger partial charge in [0, 0.05) is 24.6 Å². The van der Waals surface area contributed by atoms with E-state index in [1.807, 2.05) is 30.3 Å². The zero-order valence-corrected chi connectivity index (χ0v) is 24.1. The van der Waals surface area contributed by atoms with Crippen LogP contribution in [0.5, 0.6) is 5.75 Å². The first-order chi connectivity index (χ1) is 19.7. The molecule has 1 atom stereocenters. The van der Waals surface area contributed by atoms with Gasteiger partial charge in [0.25, 0.3) is 0 Å². The van der Waals surface area contributed by atoms with Crippen LogP contribution in [0.1, 0.15) is 36.8 Å². The molecule has 4 rings (SSSR count). The van der Waals surface area contributed by atoms with Crippen molar-refractivity contribution in [1.29, 1.82) is 0 Å². The smallest absolute Gasteiger partial charge is 0.244 e. The third-order valence-corrected chi connectivity index (χ3v) is 8.45. The second-order valence-electron chi connectivity index (χ2n) is 10.3. The maximum Gasteiger partial charge on any atom is 0.244 e. The summed E-state index contributed by atoms with van der Waals surface area (Å²) < 4.78 is 46.8. The molecular formula is C31H36FN3O5S. The second kappa shape index (κ2) is 13.6. The van der Waals surface area contributed by atoms with E-state index in [9.17, 15) is 22.4 Å². The molecule has 1 saturated carbocycles. The van der Waals surface area contributed by atoms with Crippen LogP contribution in [0, 0.1) is 5.82 Å². The van der Waals surface area contributed by atoms with Gasteiger partial charge in [0.05, 0.1) is 19.1 Å². The van der Waals surface area contributed by atoms with Crippen LogP contribution in [0.3, 0.4) is 0 Å². The number of sulfonamides is 1. The molecule has 41 heavy (non-hydrogen) atoms. The van der Waals surface area contributed by atoms with Crippen LogP contribution in [0.15, 0.2) is 78.9 Å². The van der Waals surface area contributed by atoms with Gasteiger partial charge in [-0.25, -0.2) is 12.8 Å². The number of nitrogens with one attached hydrogen (secondary N) is 1. The van der Waals surface area contributed by atoms with E-state index in [2.05, 4.69) is 5.32 Å². The summed E-state index contributed by atoms with van der Waals surface area (Å²) in [4.78, 5) is 29.2.